The fraction of sp³-hybridized carbons (Fsp3) is 0.100. The molecule has 0 saturated heterocycles. The molecule has 0 aliphatic rings. The van der Waals surface area contributed by atoms with Crippen LogP contribution in [0.2, 0.25) is 0 Å². The van der Waals surface area contributed by atoms with E-state index in [9.17, 15) is 4.79 Å². The number of hydrogen-bond acceptors (Lipinski definition) is 5. The van der Waals surface area contributed by atoms with E-state index in [1.54, 1.807) is 12.4 Å². The predicted octanol–water partition coefficient (Wildman–Crippen LogP) is 0.0979. The van der Waals surface area contributed by atoms with Gasteiger partial charge in [-0.25, -0.2) is 4.98 Å². The first-order valence-corrected chi connectivity index (χ1v) is 4.93. The maximum absolute atomic E-state index is 11.2. The third-order valence-corrected chi connectivity index (χ3v) is 2.19. The first kappa shape index (κ1) is 10.9. The van der Waals surface area contributed by atoms with Crippen LogP contribution in [0.4, 0.5) is 11.5 Å². The number of carbonyl (C=O) groups is 1. The third-order valence-electron chi connectivity index (χ3n) is 2.19. The second kappa shape index (κ2) is 4.52. The summed E-state index contributed by atoms with van der Waals surface area (Å²) in [6, 6.07) is 1.49. The van der Waals surface area contributed by atoms with Gasteiger partial charge in [-0.1, -0.05) is 0 Å². The Morgan fingerprint density at radius 2 is 2.29 bits per heavy atom. The number of anilines is 2. The van der Waals surface area contributed by atoms with Gasteiger partial charge in [0.2, 0.25) is 0 Å². The number of aromatic amines is 1. The molecule has 0 atom stereocenters. The number of hydrogen-bond donors (Lipinski definition) is 4. The highest BCUT2D eigenvalue weighted by Gasteiger charge is 2.09. The van der Waals surface area contributed by atoms with Gasteiger partial charge in [-0.15, -0.1) is 0 Å². The van der Waals surface area contributed by atoms with E-state index in [0.717, 1.165) is 5.56 Å². The van der Waals surface area contributed by atoms with Crippen molar-refractivity contribution < 1.29 is 4.79 Å². The van der Waals surface area contributed by atoms with Gasteiger partial charge in [-0.2, -0.15) is 5.10 Å². The van der Waals surface area contributed by atoms with E-state index in [1.165, 1.54) is 12.3 Å². The molecular weight excluding hydrogens is 220 g/mol. The van der Waals surface area contributed by atoms with E-state index < -0.39 is 5.91 Å². The molecule has 7 heteroatoms. The third kappa shape index (κ3) is 2.51. The first-order valence-electron chi connectivity index (χ1n) is 4.93. The highest BCUT2D eigenvalue weighted by Crippen LogP contribution is 2.15. The molecule has 0 saturated carbocycles. The number of primary amides is 1. The molecule has 2 heterocycles. The lowest BCUT2D eigenvalue weighted by molar-refractivity contribution is 0.100. The maximum atomic E-state index is 11.2. The number of nitrogen functional groups attached to an aromatic ring is 1. The van der Waals surface area contributed by atoms with Crippen LogP contribution in [0.25, 0.3) is 0 Å². The van der Waals surface area contributed by atoms with Gasteiger partial charge in [0.1, 0.15) is 5.82 Å². The minimum atomic E-state index is -0.570. The van der Waals surface area contributed by atoms with Crippen LogP contribution in [0.15, 0.2) is 24.7 Å². The summed E-state index contributed by atoms with van der Waals surface area (Å²) in [4.78, 5) is 15.2. The van der Waals surface area contributed by atoms with Gasteiger partial charge in [0.05, 0.1) is 23.6 Å². The van der Waals surface area contributed by atoms with Crippen molar-refractivity contribution in [3.8, 4) is 0 Å². The fourth-order valence-corrected chi connectivity index (χ4v) is 1.37. The van der Waals surface area contributed by atoms with E-state index in [4.69, 9.17) is 11.5 Å². The number of amides is 1. The van der Waals surface area contributed by atoms with Gasteiger partial charge >= 0.3 is 0 Å². The summed E-state index contributed by atoms with van der Waals surface area (Å²) in [6.45, 7) is 0.494. The Labute approximate surface area is 97.2 Å². The van der Waals surface area contributed by atoms with Crippen LogP contribution >= 0.6 is 0 Å². The summed E-state index contributed by atoms with van der Waals surface area (Å²) in [5, 5.41) is 9.50. The molecule has 1 amide bonds. The van der Waals surface area contributed by atoms with Crippen LogP contribution in [0.5, 0.6) is 0 Å². The van der Waals surface area contributed by atoms with Gasteiger partial charge in [0.25, 0.3) is 5.91 Å². The summed E-state index contributed by atoms with van der Waals surface area (Å²) >= 11 is 0. The molecular formula is C10H12N6O. The molecule has 2 aromatic rings. The second-order valence-electron chi connectivity index (χ2n) is 3.49. The van der Waals surface area contributed by atoms with Gasteiger partial charge in [-0.3, -0.25) is 9.89 Å². The lowest BCUT2D eigenvalue weighted by Crippen LogP contribution is -2.16. The summed E-state index contributed by atoms with van der Waals surface area (Å²) in [5.74, 6) is -0.160. The Kier molecular flexibility index (Phi) is 2.91. The topological polar surface area (TPSA) is 123 Å². The Morgan fingerprint density at radius 3 is 2.94 bits per heavy atom. The lowest BCUT2D eigenvalue weighted by atomic mass is 10.2. The van der Waals surface area contributed by atoms with Crippen molar-refractivity contribution in [1.29, 1.82) is 0 Å². The number of aromatic nitrogens is 3. The second-order valence-corrected chi connectivity index (χ2v) is 3.49. The van der Waals surface area contributed by atoms with Crippen molar-refractivity contribution in [1.82, 2.24) is 15.2 Å². The Balaban J connectivity index is 2.17. The number of pyridine rings is 1. The molecule has 0 aromatic carbocycles. The molecule has 0 bridgehead atoms. The molecule has 17 heavy (non-hydrogen) atoms. The number of nitrogens with two attached hydrogens (primary N) is 2. The van der Waals surface area contributed by atoms with Crippen molar-refractivity contribution in [2.24, 2.45) is 5.73 Å². The summed E-state index contributed by atoms with van der Waals surface area (Å²) < 4.78 is 0. The average molecular weight is 232 g/mol. The van der Waals surface area contributed by atoms with Gasteiger partial charge in [0, 0.05) is 18.3 Å². The van der Waals surface area contributed by atoms with Gasteiger partial charge in [-0.05, 0) is 6.07 Å². The van der Waals surface area contributed by atoms with Crippen LogP contribution in [0, 0.1) is 0 Å². The molecule has 2 rings (SSSR count). The zero-order valence-corrected chi connectivity index (χ0v) is 8.97. The van der Waals surface area contributed by atoms with Crippen molar-refractivity contribution >= 4 is 17.4 Å². The predicted molar refractivity (Wildman–Crippen MR) is 63.1 cm³/mol. The number of nitrogens with one attached hydrogen (secondary N) is 2. The van der Waals surface area contributed by atoms with E-state index in [1.807, 2.05) is 0 Å². The number of carbonyl (C=O) groups excluding carboxylic acids is 1. The average Bonchev–Trinajstić information content (AvgIpc) is 2.80. The minimum absolute atomic E-state index is 0.272. The molecule has 6 N–H and O–H groups in total. The molecule has 0 radical (unpaired) electrons. The summed E-state index contributed by atoms with van der Waals surface area (Å²) in [5.41, 5.74) is 12.4. The van der Waals surface area contributed by atoms with Crippen LogP contribution in [0.3, 0.4) is 0 Å². The highest BCUT2D eigenvalue weighted by molar-refractivity contribution is 5.98. The van der Waals surface area contributed by atoms with Crippen LogP contribution in [0.1, 0.15) is 15.9 Å². The molecule has 88 valence electrons. The zero-order valence-electron chi connectivity index (χ0n) is 8.97. The Bertz CT molecular complexity index is 522. The summed E-state index contributed by atoms with van der Waals surface area (Å²) in [7, 11) is 0. The smallest absolute Gasteiger partial charge is 0.252 e. The quantitative estimate of drug-likeness (QED) is 0.595. The van der Waals surface area contributed by atoms with Crippen LogP contribution < -0.4 is 16.8 Å². The van der Waals surface area contributed by atoms with Crippen LogP contribution in [-0.2, 0) is 6.54 Å². The SMILES string of the molecule is NC(=O)c1cc(N)cnc1NCc1cn[nH]c1. The van der Waals surface area contributed by atoms with E-state index in [2.05, 4.69) is 20.5 Å². The molecule has 2 aromatic heterocycles. The standard InChI is InChI=1S/C10H12N6O/c11-7-1-8(9(12)17)10(14-5-7)13-2-6-3-15-16-4-6/h1,3-5H,2,11H2,(H2,12,17)(H,13,14)(H,15,16). The molecule has 0 spiro atoms. The maximum Gasteiger partial charge on any atom is 0.252 e. The van der Waals surface area contributed by atoms with E-state index >= 15 is 0 Å². The molecule has 0 aliphatic heterocycles. The van der Waals surface area contributed by atoms with Crippen LogP contribution in [-0.4, -0.2) is 21.1 Å². The molecule has 7 nitrogen and oxygen atoms in total. The van der Waals surface area contributed by atoms with Crippen molar-refractivity contribution in [3.63, 3.8) is 0 Å². The highest BCUT2D eigenvalue weighted by atomic mass is 16.1. The number of nitrogens with zero attached hydrogens (tertiary/aromatic N) is 2. The van der Waals surface area contributed by atoms with Crippen molar-refractivity contribution in [2.75, 3.05) is 11.1 Å². The Morgan fingerprint density at radius 1 is 1.47 bits per heavy atom. The molecule has 0 fully saturated rings. The fourth-order valence-electron chi connectivity index (χ4n) is 1.37. The monoisotopic (exact) mass is 232 g/mol. The minimum Gasteiger partial charge on any atom is -0.397 e. The van der Waals surface area contributed by atoms with E-state index in [0.29, 0.717) is 18.1 Å². The zero-order chi connectivity index (χ0) is 12.3. The molecule has 0 unspecified atom stereocenters. The number of rotatable bonds is 4. The largest absolute Gasteiger partial charge is 0.397 e. The molecule has 0 aliphatic carbocycles. The normalized spacial score (nSPS) is 10.1. The van der Waals surface area contributed by atoms with Gasteiger partial charge < -0.3 is 16.8 Å². The van der Waals surface area contributed by atoms with Crippen molar-refractivity contribution in [3.05, 3.63) is 35.8 Å². The van der Waals surface area contributed by atoms with Crippen molar-refractivity contribution in [2.45, 2.75) is 6.54 Å². The van der Waals surface area contributed by atoms with Gasteiger partial charge in [0.15, 0.2) is 0 Å². The Hall–Kier alpha value is -2.57. The first-order chi connectivity index (χ1) is 8.16. The van der Waals surface area contributed by atoms with E-state index in [-0.39, 0.29) is 5.56 Å². The lowest BCUT2D eigenvalue weighted by Gasteiger charge is -2.08. The summed E-state index contributed by atoms with van der Waals surface area (Å²) in [6.07, 6.45) is 4.88. The number of H-pyrrole nitrogens is 1.